The standard InChI is InChI=1S/C15H23N3O/c1-10(2)12-5-4-6-13(7-12)18-15(19)14-9-16-11(3)8-17-14/h4-7,10-11,14,16-17H,8-9H2,1-3H3,(H,18,19). The lowest BCUT2D eigenvalue weighted by molar-refractivity contribution is -0.118. The Balaban J connectivity index is 1.97. The van der Waals surface area contributed by atoms with Gasteiger partial charge in [0.25, 0.3) is 0 Å². The molecule has 0 radical (unpaired) electrons. The second-order valence-corrected chi connectivity index (χ2v) is 5.54. The quantitative estimate of drug-likeness (QED) is 0.776. The molecule has 2 unspecified atom stereocenters. The van der Waals surface area contributed by atoms with Crippen molar-refractivity contribution in [3.8, 4) is 0 Å². The average molecular weight is 261 g/mol. The first-order valence-corrected chi connectivity index (χ1v) is 6.94. The van der Waals surface area contributed by atoms with Gasteiger partial charge in [-0.1, -0.05) is 26.0 Å². The smallest absolute Gasteiger partial charge is 0.242 e. The third kappa shape index (κ3) is 3.78. The van der Waals surface area contributed by atoms with Crippen molar-refractivity contribution in [1.29, 1.82) is 0 Å². The van der Waals surface area contributed by atoms with Crippen LogP contribution in [-0.2, 0) is 4.79 Å². The monoisotopic (exact) mass is 261 g/mol. The largest absolute Gasteiger partial charge is 0.325 e. The Morgan fingerprint density at radius 3 is 2.74 bits per heavy atom. The van der Waals surface area contributed by atoms with Crippen molar-refractivity contribution in [3.05, 3.63) is 29.8 Å². The number of rotatable bonds is 3. The van der Waals surface area contributed by atoms with Gasteiger partial charge in [-0.2, -0.15) is 0 Å². The van der Waals surface area contributed by atoms with Crippen LogP contribution in [-0.4, -0.2) is 31.1 Å². The number of anilines is 1. The van der Waals surface area contributed by atoms with Gasteiger partial charge in [0.05, 0.1) is 6.04 Å². The third-order valence-electron chi connectivity index (χ3n) is 3.48. The highest BCUT2D eigenvalue weighted by molar-refractivity contribution is 5.95. The Hall–Kier alpha value is -1.39. The maximum atomic E-state index is 12.1. The fourth-order valence-corrected chi connectivity index (χ4v) is 2.17. The summed E-state index contributed by atoms with van der Waals surface area (Å²) in [5, 5.41) is 9.54. The van der Waals surface area contributed by atoms with Crippen LogP contribution < -0.4 is 16.0 Å². The van der Waals surface area contributed by atoms with Crippen molar-refractivity contribution in [3.63, 3.8) is 0 Å². The molecule has 4 heteroatoms. The number of amides is 1. The van der Waals surface area contributed by atoms with Crippen molar-refractivity contribution in [2.45, 2.75) is 38.8 Å². The van der Waals surface area contributed by atoms with Gasteiger partial charge in [-0.25, -0.2) is 0 Å². The van der Waals surface area contributed by atoms with Gasteiger partial charge in [0.1, 0.15) is 0 Å². The second kappa shape index (κ2) is 6.17. The lowest BCUT2D eigenvalue weighted by atomic mass is 10.0. The highest BCUT2D eigenvalue weighted by Gasteiger charge is 2.23. The predicted octanol–water partition coefficient (Wildman–Crippen LogP) is 1.70. The Kier molecular flexibility index (Phi) is 4.56. The minimum atomic E-state index is -0.154. The van der Waals surface area contributed by atoms with Crippen LogP contribution in [0.2, 0.25) is 0 Å². The van der Waals surface area contributed by atoms with E-state index in [0.717, 1.165) is 12.2 Å². The topological polar surface area (TPSA) is 53.2 Å². The van der Waals surface area contributed by atoms with Crippen molar-refractivity contribution in [2.24, 2.45) is 0 Å². The number of hydrogen-bond acceptors (Lipinski definition) is 3. The molecule has 0 aliphatic carbocycles. The number of benzene rings is 1. The molecule has 1 aliphatic rings. The number of carbonyl (C=O) groups is 1. The summed E-state index contributed by atoms with van der Waals surface area (Å²) < 4.78 is 0. The number of piperazine rings is 1. The molecule has 1 aromatic carbocycles. The average Bonchev–Trinajstić information content (AvgIpc) is 2.39. The zero-order valence-electron chi connectivity index (χ0n) is 11.9. The van der Waals surface area contributed by atoms with Crippen LogP contribution >= 0.6 is 0 Å². The van der Waals surface area contributed by atoms with Crippen LogP contribution in [0.5, 0.6) is 0 Å². The van der Waals surface area contributed by atoms with Crippen LogP contribution in [0, 0.1) is 0 Å². The molecule has 19 heavy (non-hydrogen) atoms. The fourth-order valence-electron chi connectivity index (χ4n) is 2.17. The fraction of sp³-hybridized carbons (Fsp3) is 0.533. The van der Waals surface area contributed by atoms with Crippen molar-refractivity contribution < 1.29 is 4.79 Å². The maximum Gasteiger partial charge on any atom is 0.242 e. The van der Waals surface area contributed by atoms with E-state index in [1.165, 1.54) is 5.56 Å². The van der Waals surface area contributed by atoms with E-state index in [2.05, 4.69) is 42.8 Å². The van der Waals surface area contributed by atoms with Crippen LogP contribution in [0.15, 0.2) is 24.3 Å². The zero-order chi connectivity index (χ0) is 13.8. The summed E-state index contributed by atoms with van der Waals surface area (Å²) in [4.78, 5) is 12.1. The van der Waals surface area contributed by atoms with Crippen molar-refractivity contribution in [2.75, 3.05) is 18.4 Å². The van der Waals surface area contributed by atoms with Crippen molar-refractivity contribution in [1.82, 2.24) is 10.6 Å². The van der Waals surface area contributed by atoms with Gasteiger partial charge in [-0.15, -0.1) is 0 Å². The zero-order valence-corrected chi connectivity index (χ0v) is 11.9. The minimum absolute atomic E-state index is 0.0281. The summed E-state index contributed by atoms with van der Waals surface area (Å²) in [7, 11) is 0. The lowest BCUT2D eigenvalue weighted by Crippen LogP contribution is -2.57. The minimum Gasteiger partial charge on any atom is -0.325 e. The molecule has 1 aliphatic heterocycles. The summed E-state index contributed by atoms with van der Waals surface area (Å²) in [5.41, 5.74) is 2.11. The molecule has 0 bridgehead atoms. The van der Waals surface area contributed by atoms with Gasteiger partial charge < -0.3 is 16.0 Å². The summed E-state index contributed by atoms with van der Waals surface area (Å²) in [6.07, 6.45) is 0. The highest BCUT2D eigenvalue weighted by Crippen LogP contribution is 2.18. The molecule has 4 nitrogen and oxygen atoms in total. The molecule has 2 atom stereocenters. The second-order valence-electron chi connectivity index (χ2n) is 5.54. The third-order valence-corrected chi connectivity index (χ3v) is 3.48. The maximum absolute atomic E-state index is 12.1. The summed E-state index contributed by atoms with van der Waals surface area (Å²) in [6.45, 7) is 7.90. The molecule has 1 fully saturated rings. The molecule has 0 saturated carbocycles. The predicted molar refractivity (Wildman–Crippen MR) is 78.4 cm³/mol. The first kappa shape index (κ1) is 14.0. The van der Waals surface area contributed by atoms with E-state index in [-0.39, 0.29) is 11.9 Å². The molecule has 3 N–H and O–H groups in total. The summed E-state index contributed by atoms with van der Waals surface area (Å²) in [6, 6.07) is 8.32. The van der Waals surface area contributed by atoms with Crippen molar-refractivity contribution >= 4 is 11.6 Å². The van der Waals surface area contributed by atoms with Crippen LogP contribution in [0.4, 0.5) is 5.69 Å². The van der Waals surface area contributed by atoms with Crippen LogP contribution in [0.1, 0.15) is 32.3 Å². The molecular formula is C15H23N3O. The molecule has 1 amide bonds. The molecule has 104 valence electrons. The van der Waals surface area contributed by atoms with Crippen LogP contribution in [0.25, 0.3) is 0 Å². The van der Waals surface area contributed by atoms with E-state index < -0.39 is 0 Å². The molecule has 1 aromatic rings. The Morgan fingerprint density at radius 1 is 1.32 bits per heavy atom. The van der Waals surface area contributed by atoms with Gasteiger partial charge in [0, 0.05) is 24.8 Å². The van der Waals surface area contributed by atoms with E-state index in [1.54, 1.807) is 0 Å². The van der Waals surface area contributed by atoms with Gasteiger partial charge in [-0.05, 0) is 30.5 Å². The van der Waals surface area contributed by atoms with Gasteiger partial charge in [0.15, 0.2) is 0 Å². The van der Waals surface area contributed by atoms with Gasteiger partial charge in [-0.3, -0.25) is 4.79 Å². The first-order chi connectivity index (χ1) is 9.06. The van der Waals surface area contributed by atoms with Gasteiger partial charge >= 0.3 is 0 Å². The molecule has 0 spiro atoms. The normalized spacial score (nSPS) is 23.4. The van der Waals surface area contributed by atoms with Crippen LogP contribution in [0.3, 0.4) is 0 Å². The number of nitrogens with one attached hydrogen (secondary N) is 3. The van der Waals surface area contributed by atoms with E-state index in [4.69, 9.17) is 0 Å². The highest BCUT2D eigenvalue weighted by atomic mass is 16.2. The Morgan fingerprint density at radius 2 is 2.11 bits per heavy atom. The SMILES string of the molecule is CC1CNC(C(=O)Nc2cccc(C(C)C)c2)CN1. The number of carbonyl (C=O) groups excluding carboxylic acids is 1. The summed E-state index contributed by atoms with van der Waals surface area (Å²) >= 11 is 0. The van der Waals surface area contributed by atoms with E-state index in [9.17, 15) is 4.79 Å². The molecular weight excluding hydrogens is 238 g/mol. The van der Waals surface area contributed by atoms with E-state index >= 15 is 0 Å². The lowest BCUT2D eigenvalue weighted by Gasteiger charge is -2.28. The molecule has 0 aromatic heterocycles. The number of hydrogen-bond donors (Lipinski definition) is 3. The Labute approximate surface area is 115 Å². The molecule has 1 saturated heterocycles. The van der Waals surface area contributed by atoms with Gasteiger partial charge in [0.2, 0.25) is 5.91 Å². The van der Waals surface area contributed by atoms with E-state index in [1.807, 2.05) is 18.2 Å². The molecule has 2 rings (SSSR count). The molecule has 1 heterocycles. The summed E-state index contributed by atoms with van der Waals surface area (Å²) in [5.74, 6) is 0.493. The Bertz CT molecular complexity index is 437. The first-order valence-electron chi connectivity index (χ1n) is 6.94. The van der Waals surface area contributed by atoms with E-state index in [0.29, 0.717) is 18.5 Å².